The Morgan fingerprint density at radius 1 is 1.00 bits per heavy atom. The predicted octanol–water partition coefficient (Wildman–Crippen LogP) is -1.59. The summed E-state index contributed by atoms with van der Waals surface area (Å²) in [5.74, 6) is -3.54. The molecule has 0 amide bonds. The average molecular weight is 268 g/mol. The van der Waals surface area contributed by atoms with Crippen molar-refractivity contribution in [1.29, 1.82) is 0 Å². The van der Waals surface area contributed by atoms with Crippen LogP contribution in [-0.4, -0.2) is 67.5 Å². The molecule has 3 atom stereocenters. The molecule has 0 saturated carbocycles. The van der Waals surface area contributed by atoms with Crippen molar-refractivity contribution in [1.82, 2.24) is 0 Å². The van der Waals surface area contributed by atoms with Crippen LogP contribution in [0.1, 0.15) is 26.2 Å². The van der Waals surface area contributed by atoms with Gasteiger partial charge in [0, 0.05) is 6.61 Å². The number of aliphatic carboxylic acids is 2. The fraction of sp³-hybridized carbons (Fsp3) is 0.800. The first-order valence-corrected chi connectivity index (χ1v) is 5.38. The highest BCUT2D eigenvalue weighted by Crippen LogP contribution is 1.98. The molecule has 0 saturated heterocycles. The second kappa shape index (κ2) is 10.9. The Hall–Kier alpha value is -1.22. The van der Waals surface area contributed by atoms with Crippen LogP contribution < -0.4 is 0 Å². The molecule has 108 valence electrons. The van der Waals surface area contributed by atoms with Gasteiger partial charge >= 0.3 is 11.9 Å². The Morgan fingerprint density at radius 3 is 1.61 bits per heavy atom. The number of carboxylic acid groups (broad SMARTS) is 2. The van der Waals surface area contributed by atoms with Crippen LogP contribution in [0.4, 0.5) is 0 Å². The molecule has 8 heteroatoms. The molecule has 6 N–H and O–H groups in total. The van der Waals surface area contributed by atoms with Crippen LogP contribution in [0.2, 0.25) is 0 Å². The number of hydrogen-bond acceptors (Lipinski definition) is 6. The summed E-state index contributed by atoms with van der Waals surface area (Å²) in [4.78, 5) is 19.5. The highest BCUT2D eigenvalue weighted by atomic mass is 16.4. The Kier molecular flexibility index (Phi) is 11.6. The van der Waals surface area contributed by atoms with Crippen molar-refractivity contribution in [3.05, 3.63) is 0 Å². The summed E-state index contributed by atoms with van der Waals surface area (Å²) in [6, 6.07) is 0. The molecule has 0 radical (unpaired) electrons. The molecule has 3 unspecified atom stereocenters. The van der Waals surface area contributed by atoms with Gasteiger partial charge in [-0.15, -0.1) is 0 Å². The van der Waals surface area contributed by atoms with E-state index in [1.54, 1.807) is 0 Å². The minimum absolute atomic E-state index is 0.192. The lowest BCUT2D eigenvalue weighted by Crippen LogP contribution is -2.39. The third-order valence-corrected chi connectivity index (χ3v) is 1.97. The maximum atomic E-state index is 9.77. The maximum Gasteiger partial charge on any atom is 0.335 e. The van der Waals surface area contributed by atoms with Gasteiger partial charge in [0.1, 0.15) is 0 Å². The van der Waals surface area contributed by atoms with E-state index in [0.717, 1.165) is 19.3 Å². The van der Waals surface area contributed by atoms with E-state index in [-0.39, 0.29) is 12.7 Å². The van der Waals surface area contributed by atoms with Crippen molar-refractivity contribution >= 4 is 11.9 Å². The van der Waals surface area contributed by atoms with Gasteiger partial charge in [-0.3, -0.25) is 0 Å². The van der Waals surface area contributed by atoms with E-state index in [9.17, 15) is 9.59 Å². The average Bonchev–Trinajstić information content (AvgIpc) is 2.34. The maximum absolute atomic E-state index is 9.77. The first-order valence-electron chi connectivity index (χ1n) is 5.38. The second-order valence-corrected chi connectivity index (χ2v) is 3.49. The summed E-state index contributed by atoms with van der Waals surface area (Å²) in [5.41, 5.74) is 0. The van der Waals surface area contributed by atoms with Crippen LogP contribution in [0, 0.1) is 0 Å². The molecule has 0 aromatic heterocycles. The van der Waals surface area contributed by atoms with Gasteiger partial charge in [-0.25, -0.2) is 9.59 Å². The van der Waals surface area contributed by atoms with Gasteiger partial charge in [0.15, 0.2) is 12.2 Å². The first-order chi connectivity index (χ1) is 8.27. The van der Waals surface area contributed by atoms with Crippen molar-refractivity contribution in [2.45, 2.75) is 44.5 Å². The zero-order valence-corrected chi connectivity index (χ0v) is 10.1. The number of rotatable bonds is 7. The molecule has 0 aliphatic carbocycles. The van der Waals surface area contributed by atoms with Gasteiger partial charge < -0.3 is 30.6 Å². The number of hydrogen-bond donors (Lipinski definition) is 6. The normalized spacial score (nSPS) is 14.9. The van der Waals surface area contributed by atoms with Crippen LogP contribution in [0.25, 0.3) is 0 Å². The molecule has 18 heavy (non-hydrogen) atoms. The van der Waals surface area contributed by atoms with Crippen LogP contribution in [0.15, 0.2) is 0 Å². The number of carboxylic acids is 2. The van der Waals surface area contributed by atoms with Crippen molar-refractivity contribution in [3.63, 3.8) is 0 Å². The van der Waals surface area contributed by atoms with E-state index in [1.165, 1.54) is 0 Å². The summed E-state index contributed by atoms with van der Waals surface area (Å²) in [6.07, 6.45) is -2.50. The lowest BCUT2D eigenvalue weighted by molar-refractivity contribution is -0.165. The predicted molar refractivity (Wildman–Crippen MR) is 59.9 cm³/mol. The highest BCUT2D eigenvalue weighted by molar-refractivity contribution is 5.83. The van der Waals surface area contributed by atoms with Crippen molar-refractivity contribution in [3.8, 4) is 0 Å². The SMILES string of the molecule is CCC(O)CCCO.O=C(O)C(O)C(O)C(=O)O. The standard InChI is InChI=1S/C6H14O2.C4H6O6/c1-2-6(8)4-3-5-7;5-1(3(7)8)2(6)4(9)10/h6-8H,2-5H2,1H3;1-2,5-6H,(H,7,8)(H,9,10). The Balaban J connectivity index is 0. The summed E-state index contributed by atoms with van der Waals surface area (Å²) in [6.45, 7) is 2.12. The van der Waals surface area contributed by atoms with E-state index >= 15 is 0 Å². The highest BCUT2D eigenvalue weighted by Gasteiger charge is 2.29. The molecule has 0 aliphatic rings. The Morgan fingerprint density at radius 2 is 1.39 bits per heavy atom. The molecule has 0 rings (SSSR count). The topological polar surface area (TPSA) is 156 Å². The minimum atomic E-state index is -2.27. The van der Waals surface area contributed by atoms with Gasteiger partial charge in [0.25, 0.3) is 0 Å². The number of aliphatic hydroxyl groups excluding tert-OH is 4. The van der Waals surface area contributed by atoms with Crippen LogP contribution >= 0.6 is 0 Å². The van der Waals surface area contributed by atoms with Gasteiger partial charge in [0.2, 0.25) is 0 Å². The number of aliphatic hydroxyl groups is 4. The fourth-order valence-electron chi connectivity index (χ4n) is 0.801. The summed E-state index contributed by atoms with van der Waals surface area (Å²) >= 11 is 0. The van der Waals surface area contributed by atoms with E-state index < -0.39 is 24.1 Å². The lowest BCUT2D eigenvalue weighted by atomic mass is 10.2. The summed E-state index contributed by atoms with van der Waals surface area (Å²) < 4.78 is 0. The van der Waals surface area contributed by atoms with Gasteiger partial charge in [-0.2, -0.15) is 0 Å². The number of carbonyl (C=O) groups is 2. The molecule has 0 aliphatic heterocycles. The van der Waals surface area contributed by atoms with Crippen molar-refractivity contribution in [2.24, 2.45) is 0 Å². The van der Waals surface area contributed by atoms with Crippen LogP contribution in [0.5, 0.6) is 0 Å². The molecule has 0 aromatic carbocycles. The Labute approximate surface area is 104 Å². The lowest BCUT2D eigenvalue weighted by Gasteiger charge is -2.07. The van der Waals surface area contributed by atoms with Gasteiger partial charge in [-0.05, 0) is 19.3 Å². The molecule has 0 fully saturated rings. The van der Waals surface area contributed by atoms with E-state index in [2.05, 4.69) is 0 Å². The molecular formula is C10H20O8. The van der Waals surface area contributed by atoms with Crippen molar-refractivity contribution in [2.75, 3.05) is 6.61 Å². The van der Waals surface area contributed by atoms with Crippen LogP contribution in [-0.2, 0) is 9.59 Å². The summed E-state index contributed by atoms with van der Waals surface area (Å²) in [7, 11) is 0. The minimum Gasteiger partial charge on any atom is -0.479 e. The van der Waals surface area contributed by atoms with Crippen molar-refractivity contribution < 1.29 is 40.2 Å². The van der Waals surface area contributed by atoms with E-state index in [4.69, 9.17) is 30.6 Å². The third kappa shape index (κ3) is 9.97. The molecule has 0 aromatic rings. The smallest absolute Gasteiger partial charge is 0.335 e. The quantitative estimate of drug-likeness (QED) is 0.322. The zero-order valence-electron chi connectivity index (χ0n) is 10.1. The van der Waals surface area contributed by atoms with Crippen LogP contribution in [0.3, 0.4) is 0 Å². The third-order valence-electron chi connectivity index (χ3n) is 1.97. The molecule has 0 bridgehead atoms. The summed E-state index contributed by atoms with van der Waals surface area (Å²) in [5, 5.41) is 49.7. The monoisotopic (exact) mass is 268 g/mol. The second-order valence-electron chi connectivity index (χ2n) is 3.49. The molecule has 0 spiro atoms. The van der Waals surface area contributed by atoms with Gasteiger partial charge in [-0.1, -0.05) is 6.92 Å². The Bertz CT molecular complexity index is 224. The van der Waals surface area contributed by atoms with E-state index in [0.29, 0.717) is 0 Å². The van der Waals surface area contributed by atoms with E-state index in [1.807, 2.05) is 6.92 Å². The first kappa shape index (κ1) is 19.1. The largest absolute Gasteiger partial charge is 0.479 e. The van der Waals surface area contributed by atoms with Gasteiger partial charge in [0.05, 0.1) is 6.10 Å². The molecular weight excluding hydrogens is 248 g/mol. The molecule has 8 nitrogen and oxygen atoms in total. The molecule has 0 heterocycles. The zero-order chi connectivity index (χ0) is 14.7. The fourth-order valence-corrected chi connectivity index (χ4v) is 0.801.